The van der Waals surface area contributed by atoms with E-state index in [2.05, 4.69) is 5.32 Å². The molecule has 0 aromatic heterocycles. The smallest absolute Gasteiger partial charge is 0.242 e. The third-order valence-electron chi connectivity index (χ3n) is 4.06. The fourth-order valence-electron chi connectivity index (χ4n) is 3.07. The number of hydrogen-bond acceptors (Lipinski definition) is 3. The minimum absolute atomic E-state index is 0. The Hall–Kier alpha value is -0.810. The van der Waals surface area contributed by atoms with Crippen LogP contribution >= 0.6 is 12.4 Å². The second-order valence-electron chi connectivity index (χ2n) is 5.37. The van der Waals surface area contributed by atoms with E-state index in [0.717, 1.165) is 25.7 Å². The summed E-state index contributed by atoms with van der Waals surface area (Å²) >= 11 is 0. The SMILES string of the molecule is CCC1C(=O)NCCN1C(=O)C1CCCC(N)C1.Cl. The molecule has 1 saturated carbocycles. The molecule has 1 aliphatic carbocycles. The molecule has 0 bridgehead atoms. The molecule has 1 saturated heterocycles. The molecular weight excluding hydrogens is 266 g/mol. The fourth-order valence-corrected chi connectivity index (χ4v) is 3.07. The molecule has 1 heterocycles. The van der Waals surface area contributed by atoms with E-state index in [1.54, 1.807) is 4.90 Å². The van der Waals surface area contributed by atoms with Crippen LogP contribution in [0.4, 0.5) is 0 Å². The van der Waals surface area contributed by atoms with Crippen molar-refractivity contribution in [3.8, 4) is 0 Å². The van der Waals surface area contributed by atoms with Gasteiger partial charge in [0.05, 0.1) is 0 Å². The van der Waals surface area contributed by atoms with Gasteiger partial charge in [-0.15, -0.1) is 12.4 Å². The van der Waals surface area contributed by atoms with Crippen molar-refractivity contribution >= 4 is 24.2 Å². The van der Waals surface area contributed by atoms with Crippen molar-refractivity contribution in [1.82, 2.24) is 10.2 Å². The number of rotatable bonds is 2. The summed E-state index contributed by atoms with van der Waals surface area (Å²) in [6.45, 7) is 3.15. The van der Waals surface area contributed by atoms with Crippen LogP contribution in [0.2, 0.25) is 0 Å². The van der Waals surface area contributed by atoms with Crippen molar-refractivity contribution in [3.05, 3.63) is 0 Å². The van der Waals surface area contributed by atoms with Gasteiger partial charge in [-0.05, 0) is 25.7 Å². The van der Waals surface area contributed by atoms with Crippen LogP contribution in [0.15, 0.2) is 0 Å². The van der Waals surface area contributed by atoms with Crippen molar-refractivity contribution in [3.63, 3.8) is 0 Å². The van der Waals surface area contributed by atoms with Crippen LogP contribution in [-0.2, 0) is 9.59 Å². The molecule has 3 atom stereocenters. The summed E-state index contributed by atoms with van der Waals surface area (Å²) in [5.74, 6) is 0.137. The van der Waals surface area contributed by atoms with Crippen LogP contribution in [0.3, 0.4) is 0 Å². The van der Waals surface area contributed by atoms with Gasteiger partial charge in [0, 0.05) is 25.0 Å². The molecule has 1 aliphatic heterocycles. The normalized spacial score (nSPS) is 31.4. The summed E-state index contributed by atoms with van der Waals surface area (Å²) in [5.41, 5.74) is 5.94. The Morgan fingerprint density at radius 3 is 2.84 bits per heavy atom. The number of halogens is 1. The number of carbonyl (C=O) groups is 2. The van der Waals surface area contributed by atoms with Gasteiger partial charge in [-0.2, -0.15) is 0 Å². The van der Waals surface area contributed by atoms with Crippen molar-refractivity contribution in [2.45, 2.75) is 51.1 Å². The molecule has 19 heavy (non-hydrogen) atoms. The van der Waals surface area contributed by atoms with Crippen LogP contribution in [-0.4, -0.2) is 41.9 Å². The number of nitrogens with zero attached hydrogens (tertiary/aromatic N) is 1. The summed E-state index contributed by atoms with van der Waals surface area (Å²) in [6.07, 6.45) is 4.40. The molecule has 2 amide bonds. The Morgan fingerprint density at radius 1 is 1.47 bits per heavy atom. The lowest BCUT2D eigenvalue weighted by Gasteiger charge is -2.38. The highest BCUT2D eigenvalue weighted by Gasteiger charge is 2.36. The molecule has 0 aromatic carbocycles. The van der Waals surface area contributed by atoms with Crippen LogP contribution in [0, 0.1) is 5.92 Å². The lowest BCUT2D eigenvalue weighted by atomic mass is 9.84. The average molecular weight is 290 g/mol. The Bertz CT molecular complexity index is 338. The van der Waals surface area contributed by atoms with Gasteiger partial charge in [0.2, 0.25) is 11.8 Å². The number of amides is 2. The highest BCUT2D eigenvalue weighted by Crippen LogP contribution is 2.26. The van der Waals surface area contributed by atoms with Crippen LogP contribution in [0.5, 0.6) is 0 Å². The fraction of sp³-hybridized carbons (Fsp3) is 0.846. The molecule has 0 spiro atoms. The Labute approximate surface area is 120 Å². The monoisotopic (exact) mass is 289 g/mol. The molecule has 0 aromatic rings. The lowest BCUT2D eigenvalue weighted by molar-refractivity contribution is -0.147. The van der Waals surface area contributed by atoms with E-state index in [0.29, 0.717) is 19.5 Å². The van der Waals surface area contributed by atoms with Gasteiger partial charge in [-0.25, -0.2) is 0 Å². The molecule has 2 aliphatic rings. The molecule has 3 unspecified atom stereocenters. The van der Waals surface area contributed by atoms with Gasteiger partial charge < -0.3 is 16.0 Å². The maximum atomic E-state index is 12.5. The second-order valence-corrected chi connectivity index (χ2v) is 5.37. The standard InChI is InChI=1S/C13H23N3O2.ClH/c1-2-11-12(17)15-6-7-16(11)13(18)9-4-3-5-10(14)8-9;/h9-11H,2-8,14H2,1H3,(H,15,17);1H. The number of piperazine rings is 1. The van der Waals surface area contributed by atoms with Gasteiger partial charge in [0.15, 0.2) is 0 Å². The predicted molar refractivity (Wildman–Crippen MR) is 76.0 cm³/mol. The van der Waals surface area contributed by atoms with Crippen molar-refractivity contribution in [1.29, 1.82) is 0 Å². The minimum atomic E-state index is -0.288. The highest BCUT2D eigenvalue weighted by molar-refractivity contribution is 5.89. The van der Waals surface area contributed by atoms with Crippen LogP contribution < -0.4 is 11.1 Å². The van der Waals surface area contributed by atoms with Crippen molar-refractivity contribution in [2.24, 2.45) is 11.7 Å². The zero-order valence-corrected chi connectivity index (χ0v) is 12.2. The highest BCUT2D eigenvalue weighted by atomic mass is 35.5. The Kier molecular flexibility index (Phi) is 6.07. The third kappa shape index (κ3) is 3.60. The Balaban J connectivity index is 0.00000180. The van der Waals surface area contributed by atoms with Gasteiger partial charge in [-0.3, -0.25) is 9.59 Å². The quantitative estimate of drug-likeness (QED) is 0.784. The zero-order valence-electron chi connectivity index (χ0n) is 11.4. The van der Waals surface area contributed by atoms with Crippen LogP contribution in [0.25, 0.3) is 0 Å². The topological polar surface area (TPSA) is 75.4 Å². The maximum absolute atomic E-state index is 12.5. The molecule has 0 radical (unpaired) electrons. The largest absolute Gasteiger partial charge is 0.353 e. The first kappa shape index (κ1) is 16.2. The maximum Gasteiger partial charge on any atom is 0.242 e. The second kappa shape index (κ2) is 7.10. The molecule has 2 rings (SSSR count). The molecular formula is C13H24ClN3O2. The van der Waals surface area contributed by atoms with Crippen molar-refractivity contribution < 1.29 is 9.59 Å². The van der Waals surface area contributed by atoms with Gasteiger partial charge in [-0.1, -0.05) is 13.3 Å². The van der Waals surface area contributed by atoms with Gasteiger partial charge in [0.25, 0.3) is 0 Å². The van der Waals surface area contributed by atoms with E-state index in [9.17, 15) is 9.59 Å². The Morgan fingerprint density at radius 2 is 2.21 bits per heavy atom. The molecule has 2 fully saturated rings. The third-order valence-corrected chi connectivity index (χ3v) is 4.06. The van der Waals surface area contributed by atoms with E-state index in [1.807, 2.05) is 6.92 Å². The number of nitrogens with one attached hydrogen (secondary N) is 1. The molecule has 110 valence electrons. The summed E-state index contributed by atoms with van der Waals surface area (Å²) in [5, 5.41) is 2.82. The first-order chi connectivity index (χ1) is 8.63. The van der Waals surface area contributed by atoms with E-state index in [-0.39, 0.29) is 42.2 Å². The first-order valence-electron chi connectivity index (χ1n) is 6.97. The van der Waals surface area contributed by atoms with Crippen molar-refractivity contribution in [2.75, 3.05) is 13.1 Å². The average Bonchev–Trinajstić information content (AvgIpc) is 2.37. The van der Waals surface area contributed by atoms with E-state index >= 15 is 0 Å². The lowest BCUT2D eigenvalue weighted by Crippen LogP contribution is -2.58. The molecule has 6 heteroatoms. The minimum Gasteiger partial charge on any atom is -0.353 e. The number of hydrogen-bond donors (Lipinski definition) is 2. The molecule has 5 nitrogen and oxygen atoms in total. The summed E-state index contributed by atoms with van der Waals surface area (Å²) in [6, 6.07) is -0.143. The van der Waals surface area contributed by atoms with Gasteiger partial charge >= 0.3 is 0 Å². The summed E-state index contributed by atoms with van der Waals surface area (Å²) in [4.78, 5) is 26.0. The zero-order chi connectivity index (χ0) is 13.1. The number of nitrogens with two attached hydrogens (primary N) is 1. The van der Waals surface area contributed by atoms with Gasteiger partial charge in [0.1, 0.15) is 6.04 Å². The summed E-state index contributed by atoms with van der Waals surface area (Å²) in [7, 11) is 0. The summed E-state index contributed by atoms with van der Waals surface area (Å²) < 4.78 is 0. The number of carbonyl (C=O) groups excluding carboxylic acids is 2. The van der Waals surface area contributed by atoms with E-state index in [4.69, 9.17) is 5.73 Å². The molecule has 3 N–H and O–H groups in total. The van der Waals surface area contributed by atoms with E-state index in [1.165, 1.54) is 0 Å². The van der Waals surface area contributed by atoms with Crippen LogP contribution in [0.1, 0.15) is 39.0 Å². The van der Waals surface area contributed by atoms with E-state index < -0.39 is 0 Å². The first-order valence-corrected chi connectivity index (χ1v) is 6.97. The predicted octanol–water partition coefficient (Wildman–Crippen LogP) is 0.663.